The van der Waals surface area contributed by atoms with E-state index in [4.69, 9.17) is 0 Å². The third-order valence-corrected chi connectivity index (χ3v) is 5.31. The van der Waals surface area contributed by atoms with Crippen molar-refractivity contribution >= 4 is 29.1 Å². The van der Waals surface area contributed by atoms with Crippen molar-refractivity contribution in [2.75, 3.05) is 16.8 Å². The lowest BCUT2D eigenvalue weighted by atomic mass is 9.98. The molecule has 3 amide bonds. The largest absolute Gasteiger partial charge is 0.323 e. The highest BCUT2D eigenvalue weighted by Crippen LogP contribution is 2.43. The van der Waals surface area contributed by atoms with Crippen LogP contribution in [-0.4, -0.2) is 45.0 Å². The quantitative estimate of drug-likeness (QED) is 0.846. The Bertz CT molecular complexity index is 895. The predicted octanol–water partition coefficient (Wildman–Crippen LogP) is 2.13. The number of benzene rings is 1. The Labute approximate surface area is 156 Å². The summed E-state index contributed by atoms with van der Waals surface area (Å²) in [6, 6.07) is 7.22. The van der Waals surface area contributed by atoms with Crippen LogP contribution in [-0.2, 0) is 9.59 Å². The van der Waals surface area contributed by atoms with E-state index in [1.165, 1.54) is 6.20 Å². The van der Waals surface area contributed by atoms with Gasteiger partial charge in [-0.15, -0.1) is 0 Å². The van der Waals surface area contributed by atoms with Crippen molar-refractivity contribution in [3.05, 3.63) is 42.2 Å². The predicted molar refractivity (Wildman–Crippen MR) is 99.1 cm³/mol. The van der Waals surface area contributed by atoms with Crippen LogP contribution < -0.4 is 10.2 Å². The summed E-state index contributed by atoms with van der Waals surface area (Å²) >= 11 is 0. The lowest BCUT2D eigenvalue weighted by molar-refractivity contribution is -0.118. The second-order valence-corrected chi connectivity index (χ2v) is 7.06. The Morgan fingerprint density at radius 3 is 2.93 bits per heavy atom. The second-order valence-electron chi connectivity index (χ2n) is 7.06. The number of amides is 3. The minimum Gasteiger partial charge on any atom is -0.323 e. The first kappa shape index (κ1) is 17.3. The number of hydrogen-bond acceptors (Lipinski definition) is 4. The van der Waals surface area contributed by atoms with Crippen LogP contribution in [0.2, 0.25) is 0 Å². The molecule has 1 atom stereocenters. The lowest BCUT2D eigenvalue weighted by Gasteiger charge is -2.48. The standard InChI is InChI=1S/C19H21N5O3/c1-19-9-8-17(26)24(19)15-6-3-2-5-14(15)18(27)23(19)10-4-7-16(25)22-13-11-20-21-12-13/h2-3,5-6,11-12H,4,7-10H2,1H3,(H,20,21)(H,22,25). The van der Waals surface area contributed by atoms with Crippen molar-refractivity contribution < 1.29 is 14.4 Å². The summed E-state index contributed by atoms with van der Waals surface area (Å²) in [6.45, 7) is 2.34. The molecule has 8 nitrogen and oxygen atoms in total. The fourth-order valence-corrected chi connectivity index (χ4v) is 3.98. The molecule has 4 rings (SSSR count). The number of carbonyl (C=O) groups excluding carboxylic acids is 3. The fourth-order valence-electron chi connectivity index (χ4n) is 3.98. The van der Waals surface area contributed by atoms with Gasteiger partial charge >= 0.3 is 0 Å². The van der Waals surface area contributed by atoms with Crippen molar-refractivity contribution in [2.45, 2.75) is 38.3 Å². The van der Waals surface area contributed by atoms with Crippen LogP contribution in [0.1, 0.15) is 43.0 Å². The van der Waals surface area contributed by atoms with Crippen molar-refractivity contribution in [3.8, 4) is 0 Å². The highest BCUT2D eigenvalue weighted by Gasteiger charge is 2.52. The van der Waals surface area contributed by atoms with Gasteiger partial charge in [0, 0.05) is 25.6 Å². The van der Waals surface area contributed by atoms with Crippen LogP contribution in [0.3, 0.4) is 0 Å². The van der Waals surface area contributed by atoms with Gasteiger partial charge in [-0.2, -0.15) is 5.10 Å². The topological polar surface area (TPSA) is 98.4 Å². The summed E-state index contributed by atoms with van der Waals surface area (Å²) in [5.41, 5.74) is 1.15. The van der Waals surface area contributed by atoms with E-state index < -0.39 is 5.66 Å². The van der Waals surface area contributed by atoms with Gasteiger partial charge in [-0.3, -0.25) is 24.4 Å². The van der Waals surface area contributed by atoms with Gasteiger partial charge in [0.2, 0.25) is 11.8 Å². The number of carbonyl (C=O) groups is 3. The van der Waals surface area contributed by atoms with E-state index in [2.05, 4.69) is 15.5 Å². The first-order valence-electron chi connectivity index (χ1n) is 9.03. The zero-order chi connectivity index (χ0) is 19.0. The zero-order valence-electron chi connectivity index (χ0n) is 15.1. The van der Waals surface area contributed by atoms with Crippen LogP contribution in [0, 0.1) is 0 Å². The minimum absolute atomic E-state index is 0.0279. The van der Waals surface area contributed by atoms with Crippen LogP contribution in [0.25, 0.3) is 0 Å². The van der Waals surface area contributed by atoms with Gasteiger partial charge in [-0.05, 0) is 31.9 Å². The molecule has 0 aliphatic carbocycles. The van der Waals surface area contributed by atoms with E-state index in [1.807, 2.05) is 19.1 Å². The molecule has 3 heterocycles. The van der Waals surface area contributed by atoms with Crippen molar-refractivity contribution in [2.24, 2.45) is 0 Å². The first-order chi connectivity index (χ1) is 13.0. The third-order valence-electron chi connectivity index (χ3n) is 5.31. The van der Waals surface area contributed by atoms with Crippen molar-refractivity contribution in [1.82, 2.24) is 15.1 Å². The SMILES string of the molecule is CC12CCC(=O)N1c1ccccc1C(=O)N2CCCC(=O)Nc1cn[nH]c1. The number of anilines is 2. The molecule has 1 aromatic carbocycles. The first-order valence-corrected chi connectivity index (χ1v) is 9.03. The molecule has 1 unspecified atom stereocenters. The Morgan fingerprint density at radius 1 is 1.33 bits per heavy atom. The minimum atomic E-state index is -0.677. The smallest absolute Gasteiger partial charge is 0.257 e. The summed E-state index contributed by atoms with van der Waals surface area (Å²) in [5, 5.41) is 9.17. The maximum Gasteiger partial charge on any atom is 0.257 e. The Kier molecular flexibility index (Phi) is 4.18. The molecule has 2 aliphatic heterocycles. The van der Waals surface area contributed by atoms with E-state index >= 15 is 0 Å². The molecule has 8 heteroatoms. The van der Waals surface area contributed by atoms with Gasteiger partial charge < -0.3 is 10.2 Å². The molecule has 1 saturated heterocycles. The normalized spacial score (nSPS) is 21.2. The van der Waals surface area contributed by atoms with Gasteiger partial charge in [0.1, 0.15) is 5.66 Å². The number of aromatic amines is 1. The Hall–Kier alpha value is -3.16. The summed E-state index contributed by atoms with van der Waals surface area (Å²) in [5.74, 6) is -0.194. The number of H-pyrrole nitrogens is 1. The van der Waals surface area contributed by atoms with Gasteiger partial charge in [-0.1, -0.05) is 12.1 Å². The number of fused-ring (bicyclic) bond motifs is 3. The zero-order valence-corrected chi connectivity index (χ0v) is 15.1. The molecule has 27 heavy (non-hydrogen) atoms. The third kappa shape index (κ3) is 2.87. The van der Waals surface area contributed by atoms with Gasteiger partial charge in [0.05, 0.1) is 23.1 Å². The van der Waals surface area contributed by atoms with E-state index in [0.29, 0.717) is 42.7 Å². The summed E-state index contributed by atoms with van der Waals surface area (Å²) in [6.07, 6.45) is 4.93. The number of nitrogens with one attached hydrogen (secondary N) is 2. The molecule has 1 fully saturated rings. The van der Waals surface area contributed by atoms with E-state index in [1.54, 1.807) is 28.1 Å². The van der Waals surface area contributed by atoms with Crippen molar-refractivity contribution in [3.63, 3.8) is 0 Å². The average Bonchev–Trinajstić information content (AvgIpc) is 3.26. The molecular formula is C19H21N5O3. The Morgan fingerprint density at radius 2 is 2.15 bits per heavy atom. The molecule has 2 aliphatic rings. The van der Waals surface area contributed by atoms with Crippen LogP contribution in [0.5, 0.6) is 0 Å². The maximum absolute atomic E-state index is 13.1. The van der Waals surface area contributed by atoms with E-state index in [-0.39, 0.29) is 24.1 Å². The van der Waals surface area contributed by atoms with Crippen LogP contribution in [0.4, 0.5) is 11.4 Å². The van der Waals surface area contributed by atoms with Crippen LogP contribution in [0.15, 0.2) is 36.7 Å². The number of hydrogen-bond donors (Lipinski definition) is 2. The number of rotatable bonds is 5. The Balaban J connectivity index is 1.49. The van der Waals surface area contributed by atoms with Gasteiger partial charge in [-0.25, -0.2) is 0 Å². The monoisotopic (exact) mass is 367 g/mol. The van der Waals surface area contributed by atoms with E-state index in [9.17, 15) is 14.4 Å². The molecule has 0 bridgehead atoms. The van der Waals surface area contributed by atoms with Gasteiger partial charge in [0.15, 0.2) is 0 Å². The molecule has 1 aromatic heterocycles. The summed E-state index contributed by atoms with van der Waals surface area (Å²) in [4.78, 5) is 41.1. The maximum atomic E-state index is 13.1. The highest BCUT2D eigenvalue weighted by atomic mass is 16.2. The molecule has 2 N–H and O–H groups in total. The molecule has 0 radical (unpaired) electrons. The molecule has 2 aromatic rings. The number of nitrogens with zero attached hydrogens (tertiary/aromatic N) is 3. The van der Waals surface area contributed by atoms with Crippen LogP contribution >= 0.6 is 0 Å². The molecule has 0 spiro atoms. The number of para-hydroxylation sites is 1. The average molecular weight is 367 g/mol. The molecule has 140 valence electrons. The molecule has 0 saturated carbocycles. The van der Waals surface area contributed by atoms with Crippen molar-refractivity contribution in [1.29, 1.82) is 0 Å². The summed E-state index contributed by atoms with van der Waals surface area (Å²) < 4.78 is 0. The fraction of sp³-hybridized carbons (Fsp3) is 0.368. The summed E-state index contributed by atoms with van der Waals surface area (Å²) in [7, 11) is 0. The van der Waals surface area contributed by atoms with Gasteiger partial charge in [0.25, 0.3) is 5.91 Å². The number of aromatic nitrogens is 2. The lowest BCUT2D eigenvalue weighted by Crippen LogP contribution is -2.62. The molecular weight excluding hydrogens is 346 g/mol. The highest BCUT2D eigenvalue weighted by molar-refractivity contribution is 6.10. The second kappa shape index (κ2) is 6.53. The van der Waals surface area contributed by atoms with E-state index in [0.717, 1.165) is 0 Å².